The molecule has 0 radical (unpaired) electrons. The third kappa shape index (κ3) is 6.20. The summed E-state index contributed by atoms with van der Waals surface area (Å²) in [6.07, 6.45) is 12.8. The van der Waals surface area contributed by atoms with Crippen LogP contribution in [0.15, 0.2) is 24.5 Å². The second-order valence-electron chi connectivity index (χ2n) is 4.54. The SMILES string of the molecule is CCCCCCCCCC(=O)c1cccnc1. The summed E-state index contributed by atoms with van der Waals surface area (Å²) in [5, 5.41) is 0. The molecule has 2 heteroatoms. The van der Waals surface area contributed by atoms with E-state index in [1.54, 1.807) is 12.4 Å². The van der Waals surface area contributed by atoms with E-state index in [0.717, 1.165) is 12.0 Å². The van der Waals surface area contributed by atoms with Crippen LogP contribution in [-0.4, -0.2) is 10.8 Å². The first-order chi connectivity index (χ1) is 8.34. The second kappa shape index (κ2) is 8.91. The van der Waals surface area contributed by atoms with Crippen LogP contribution in [0.3, 0.4) is 0 Å². The Hall–Kier alpha value is -1.18. The highest BCUT2D eigenvalue weighted by Gasteiger charge is 2.04. The quantitative estimate of drug-likeness (QED) is 0.467. The van der Waals surface area contributed by atoms with Gasteiger partial charge in [-0.25, -0.2) is 0 Å². The topological polar surface area (TPSA) is 30.0 Å². The lowest BCUT2D eigenvalue weighted by Crippen LogP contribution is -1.99. The van der Waals surface area contributed by atoms with Gasteiger partial charge in [0.2, 0.25) is 0 Å². The van der Waals surface area contributed by atoms with Crippen molar-refractivity contribution in [2.45, 2.75) is 58.3 Å². The number of hydrogen-bond acceptors (Lipinski definition) is 2. The Bertz CT molecular complexity index is 308. The van der Waals surface area contributed by atoms with E-state index in [0.29, 0.717) is 6.42 Å². The van der Waals surface area contributed by atoms with Crippen molar-refractivity contribution < 1.29 is 4.79 Å². The van der Waals surface area contributed by atoms with Gasteiger partial charge in [0, 0.05) is 24.4 Å². The molecule has 0 atom stereocenters. The predicted molar refractivity (Wildman–Crippen MR) is 71.2 cm³/mol. The van der Waals surface area contributed by atoms with Gasteiger partial charge in [0.1, 0.15) is 0 Å². The van der Waals surface area contributed by atoms with E-state index in [1.165, 1.54) is 38.5 Å². The van der Waals surface area contributed by atoms with E-state index in [4.69, 9.17) is 0 Å². The number of unbranched alkanes of at least 4 members (excludes halogenated alkanes) is 6. The fourth-order valence-corrected chi connectivity index (χ4v) is 1.91. The summed E-state index contributed by atoms with van der Waals surface area (Å²) in [7, 11) is 0. The molecule has 94 valence electrons. The van der Waals surface area contributed by atoms with Crippen LogP contribution in [-0.2, 0) is 0 Å². The van der Waals surface area contributed by atoms with Crippen LogP contribution in [0.2, 0.25) is 0 Å². The molecule has 0 saturated heterocycles. The first-order valence-electron chi connectivity index (χ1n) is 6.78. The van der Waals surface area contributed by atoms with Crippen LogP contribution >= 0.6 is 0 Å². The van der Waals surface area contributed by atoms with E-state index in [1.807, 2.05) is 12.1 Å². The maximum Gasteiger partial charge on any atom is 0.164 e. The lowest BCUT2D eigenvalue weighted by Gasteiger charge is -2.01. The molecule has 0 bridgehead atoms. The number of hydrogen-bond donors (Lipinski definition) is 0. The van der Waals surface area contributed by atoms with Crippen LogP contribution in [0.5, 0.6) is 0 Å². The van der Waals surface area contributed by atoms with Gasteiger partial charge in [-0.1, -0.05) is 45.4 Å². The van der Waals surface area contributed by atoms with Crippen molar-refractivity contribution in [2.75, 3.05) is 0 Å². The molecule has 0 fully saturated rings. The average Bonchev–Trinajstić information content (AvgIpc) is 2.38. The van der Waals surface area contributed by atoms with E-state index in [9.17, 15) is 4.79 Å². The van der Waals surface area contributed by atoms with E-state index >= 15 is 0 Å². The summed E-state index contributed by atoms with van der Waals surface area (Å²) in [4.78, 5) is 15.7. The van der Waals surface area contributed by atoms with Crippen molar-refractivity contribution in [2.24, 2.45) is 0 Å². The molecule has 2 nitrogen and oxygen atoms in total. The zero-order valence-electron chi connectivity index (χ0n) is 10.8. The highest BCUT2D eigenvalue weighted by molar-refractivity contribution is 5.95. The molecule has 0 amide bonds. The van der Waals surface area contributed by atoms with E-state index < -0.39 is 0 Å². The monoisotopic (exact) mass is 233 g/mol. The Morgan fingerprint density at radius 1 is 1.12 bits per heavy atom. The van der Waals surface area contributed by atoms with Crippen LogP contribution in [0, 0.1) is 0 Å². The molecular weight excluding hydrogens is 210 g/mol. The number of ketones is 1. The molecule has 1 rings (SSSR count). The van der Waals surface area contributed by atoms with Crippen molar-refractivity contribution in [1.82, 2.24) is 4.98 Å². The molecule has 1 aromatic heterocycles. The molecule has 17 heavy (non-hydrogen) atoms. The third-order valence-electron chi connectivity index (χ3n) is 2.99. The molecule has 0 aliphatic rings. The third-order valence-corrected chi connectivity index (χ3v) is 2.99. The standard InChI is InChI=1S/C15H23NO/c1-2-3-4-5-6-7-8-11-15(17)14-10-9-12-16-13-14/h9-10,12-13H,2-8,11H2,1H3. The van der Waals surface area contributed by atoms with Crippen molar-refractivity contribution in [3.8, 4) is 0 Å². The van der Waals surface area contributed by atoms with E-state index in [-0.39, 0.29) is 5.78 Å². The fourth-order valence-electron chi connectivity index (χ4n) is 1.91. The minimum absolute atomic E-state index is 0.228. The first kappa shape index (κ1) is 13.9. The van der Waals surface area contributed by atoms with Gasteiger partial charge in [-0.05, 0) is 18.6 Å². The zero-order chi connectivity index (χ0) is 12.3. The summed E-state index contributed by atoms with van der Waals surface area (Å²) in [5.41, 5.74) is 0.749. The predicted octanol–water partition coefficient (Wildman–Crippen LogP) is 4.41. The van der Waals surface area contributed by atoms with Crippen molar-refractivity contribution in [1.29, 1.82) is 0 Å². The normalized spacial score (nSPS) is 10.4. The number of nitrogens with zero attached hydrogens (tertiary/aromatic N) is 1. The lowest BCUT2D eigenvalue weighted by molar-refractivity contribution is 0.0978. The zero-order valence-corrected chi connectivity index (χ0v) is 10.8. The summed E-state index contributed by atoms with van der Waals surface area (Å²) in [6.45, 7) is 2.23. The maximum absolute atomic E-state index is 11.7. The van der Waals surface area contributed by atoms with E-state index in [2.05, 4.69) is 11.9 Å². The summed E-state index contributed by atoms with van der Waals surface area (Å²) in [6, 6.07) is 3.66. The van der Waals surface area contributed by atoms with Crippen molar-refractivity contribution in [3.05, 3.63) is 30.1 Å². The van der Waals surface area contributed by atoms with Crippen molar-refractivity contribution >= 4 is 5.78 Å². The lowest BCUT2D eigenvalue weighted by atomic mass is 10.0. The van der Waals surface area contributed by atoms with Gasteiger partial charge in [-0.15, -0.1) is 0 Å². The van der Waals surface area contributed by atoms with Gasteiger partial charge >= 0.3 is 0 Å². The molecular formula is C15H23NO. The number of carbonyl (C=O) groups is 1. The van der Waals surface area contributed by atoms with Crippen LogP contribution in [0.25, 0.3) is 0 Å². The number of Topliss-reactive ketones (excluding diaryl/α,β-unsaturated/α-hetero) is 1. The molecule has 0 unspecified atom stereocenters. The van der Waals surface area contributed by atoms with Crippen LogP contribution < -0.4 is 0 Å². The highest BCUT2D eigenvalue weighted by atomic mass is 16.1. The Kier molecular flexibility index (Phi) is 7.28. The average molecular weight is 233 g/mol. The Balaban J connectivity index is 2.05. The number of aromatic nitrogens is 1. The Morgan fingerprint density at radius 3 is 2.47 bits per heavy atom. The molecule has 0 saturated carbocycles. The fraction of sp³-hybridized carbons (Fsp3) is 0.600. The number of carbonyl (C=O) groups excluding carboxylic acids is 1. The molecule has 0 spiro atoms. The maximum atomic E-state index is 11.7. The molecule has 0 aromatic carbocycles. The minimum atomic E-state index is 0.228. The van der Waals surface area contributed by atoms with Gasteiger partial charge in [0.15, 0.2) is 5.78 Å². The van der Waals surface area contributed by atoms with Gasteiger partial charge in [-0.2, -0.15) is 0 Å². The summed E-state index contributed by atoms with van der Waals surface area (Å²) < 4.78 is 0. The summed E-state index contributed by atoms with van der Waals surface area (Å²) >= 11 is 0. The van der Waals surface area contributed by atoms with Crippen LogP contribution in [0.1, 0.15) is 68.6 Å². The molecule has 1 aromatic rings. The molecule has 1 heterocycles. The van der Waals surface area contributed by atoms with Gasteiger partial charge in [0.05, 0.1) is 0 Å². The highest BCUT2D eigenvalue weighted by Crippen LogP contribution is 2.10. The number of rotatable bonds is 9. The Labute approximate surface area is 104 Å². The molecule has 0 aliphatic carbocycles. The van der Waals surface area contributed by atoms with Gasteiger partial charge < -0.3 is 0 Å². The largest absolute Gasteiger partial charge is 0.294 e. The smallest absolute Gasteiger partial charge is 0.164 e. The Morgan fingerprint density at radius 2 is 1.82 bits per heavy atom. The second-order valence-corrected chi connectivity index (χ2v) is 4.54. The van der Waals surface area contributed by atoms with Gasteiger partial charge in [-0.3, -0.25) is 9.78 Å². The molecule has 0 aliphatic heterocycles. The van der Waals surface area contributed by atoms with Gasteiger partial charge in [0.25, 0.3) is 0 Å². The minimum Gasteiger partial charge on any atom is -0.294 e. The van der Waals surface area contributed by atoms with Crippen molar-refractivity contribution in [3.63, 3.8) is 0 Å². The first-order valence-corrected chi connectivity index (χ1v) is 6.78. The van der Waals surface area contributed by atoms with Crippen LogP contribution in [0.4, 0.5) is 0 Å². The molecule has 0 N–H and O–H groups in total. The summed E-state index contributed by atoms with van der Waals surface area (Å²) in [5.74, 6) is 0.228. The number of pyridine rings is 1.